The van der Waals surface area contributed by atoms with Gasteiger partial charge in [-0.15, -0.1) is 0 Å². The number of carboxylic acids is 1. The molecule has 3 rings (SSSR count). The number of primary amides is 1. The number of aliphatic carboxylic acids is 1. The normalized spacial score (nSPS) is 10.8. The minimum Gasteiger partial charge on any atom is -0.481 e. The molecule has 2 aromatic carbocycles. The molecule has 7 heteroatoms. The number of ketones is 1. The van der Waals surface area contributed by atoms with Crippen LogP contribution >= 0.6 is 0 Å². The van der Waals surface area contributed by atoms with E-state index in [4.69, 9.17) is 15.6 Å². The number of carbonyl (C=O) groups excluding carboxylic acids is 2. The third kappa shape index (κ3) is 5.31. The highest BCUT2D eigenvalue weighted by atomic mass is 16.5. The van der Waals surface area contributed by atoms with Gasteiger partial charge in [-0.2, -0.15) is 0 Å². The van der Waals surface area contributed by atoms with E-state index in [9.17, 15) is 14.4 Å². The lowest BCUT2D eigenvalue weighted by atomic mass is 10.0. The van der Waals surface area contributed by atoms with Crippen LogP contribution in [0.5, 0.6) is 0 Å². The molecule has 7 nitrogen and oxygen atoms in total. The van der Waals surface area contributed by atoms with Crippen LogP contribution in [-0.4, -0.2) is 41.1 Å². The molecule has 0 unspecified atom stereocenters. The van der Waals surface area contributed by atoms with E-state index in [2.05, 4.69) is 0 Å². The number of amides is 1. The number of aryl methyl sites for hydroxylation is 2. The number of nitrogens with zero attached hydrogens (tertiary/aromatic N) is 1. The maximum Gasteiger partial charge on any atom is 0.303 e. The van der Waals surface area contributed by atoms with Crippen molar-refractivity contribution in [3.05, 3.63) is 77.0 Å². The number of aromatic nitrogens is 1. The van der Waals surface area contributed by atoms with Crippen molar-refractivity contribution in [3.63, 3.8) is 0 Å². The van der Waals surface area contributed by atoms with Gasteiger partial charge in [0.2, 0.25) is 5.91 Å². The van der Waals surface area contributed by atoms with Crippen molar-refractivity contribution < 1.29 is 24.2 Å². The first-order valence-corrected chi connectivity index (χ1v) is 10.2. The lowest BCUT2D eigenvalue weighted by molar-refractivity contribution is -0.137. The van der Waals surface area contributed by atoms with Crippen LogP contribution in [0.15, 0.2) is 54.6 Å². The molecule has 1 amide bonds. The summed E-state index contributed by atoms with van der Waals surface area (Å²) in [6.07, 6.45) is 0.658. The van der Waals surface area contributed by atoms with Crippen molar-refractivity contribution >= 4 is 17.7 Å². The molecule has 0 saturated carbocycles. The van der Waals surface area contributed by atoms with Crippen molar-refractivity contribution in [3.8, 4) is 16.9 Å². The van der Waals surface area contributed by atoms with Gasteiger partial charge >= 0.3 is 5.97 Å². The summed E-state index contributed by atoms with van der Waals surface area (Å²) < 4.78 is 6.89. The Labute approximate surface area is 186 Å². The SMILES string of the molecule is COCC(=O)Cc1ccc(-c2ccc(CCC(=O)O)n2-c2ccc(C(N)=O)cc2C)cc1. The van der Waals surface area contributed by atoms with Crippen molar-refractivity contribution in [1.29, 1.82) is 0 Å². The standard InChI is InChI=1S/C25H26N2O5/c1-16-13-19(25(26)31)7-10-22(16)27-20(9-12-24(29)30)8-11-23(27)18-5-3-17(4-6-18)14-21(28)15-32-2/h3-8,10-11,13H,9,12,14-15H2,1-2H3,(H2,26,31)(H,29,30). The second-order valence-electron chi connectivity index (χ2n) is 7.65. The fraction of sp³-hybridized carbons (Fsp3) is 0.240. The Morgan fingerprint density at radius 2 is 1.75 bits per heavy atom. The molecule has 0 fully saturated rings. The smallest absolute Gasteiger partial charge is 0.303 e. The molecule has 0 aliphatic rings. The molecule has 0 aliphatic heterocycles. The van der Waals surface area contributed by atoms with Crippen molar-refractivity contribution in [2.45, 2.75) is 26.2 Å². The van der Waals surface area contributed by atoms with E-state index in [1.807, 2.05) is 54.0 Å². The predicted octanol–water partition coefficient (Wildman–Crippen LogP) is 3.33. The molecular formula is C25H26N2O5. The molecule has 0 aliphatic carbocycles. The van der Waals surface area contributed by atoms with Crippen molar-refractivity contribution in [2.75, 3.05) is 13.7 Å². The highest BCUT2D eigenvalue weighted by molar-refractivity contribution is 5.93. The van der Waals surface area contributed by atoms with E-state index in [1.165, 1.54) is 7.11 Å². The van der Waals surface area contributed by atoms with Gasteiger partial charge in [0.25, 0.3) is 0 Å². The van der Waals surface area contributed by atoms with Gasteiger partial charge in [0, 0.05) is 30.5 Å². The van der Waals surface area contributed by atoms with Crippen LogP contribution in [0.1, 0.15) is 33.6 Å². The lowest BCUT2D eigenvalue weighted by Gasteiger charge is -2.17. The summed E-state index contributed by atoms with van der Waals surface area (Å²) in [5.74, 6) is -1.37. The fourth-order valence-electron chi connectivity index (χ4n) is 3.71. The summed E-state index contributed by atoms with van der Waals surface area (Å²) in [4.78, 5) is 34.5. The topological polar surface area (TPSA) is 112 Å². The van der Waals surface area contributed by atoms with Gasteiger partial charge in [-0.25, -0.2) is 0 Å². The van der Waals surface area contributed by atoms with Crippen LogP contribution in [0.25, 0.3) is 16.9 Å². The molecule has 32 heavy (non-hydrogen) atoms. The molecule has 3 aromatic rings. The molecule has 0 spiro atoms. The van der Waals surface area contributed by atoms with Crippen LogP contribution in [-0.2, 0) is 27.2 Å². The Morgan fingerprint density at radius 1 is 1.03 bits per heavy atom. The quantitative estimate of drug-likeness (QED) is 0.508. The summed E-state index contributed by atoms with van der Waals surface area (Å²) >= 11 is 0. The fourth-order valence-corrected chi connectivity index (χ4v) is 3.71. The van der Waals surface area contributed by atoms with Crippen LogP contribution in [0.4, 0.5) is 0 Å². The Balaban J connectivity index is 2.02. The number of hydrogen-bond donors (Lipinski definition) is 2. The second-order valence-corrected chi connectivity index (χ2v) is 7.65. The van der Waals surface area contributed by atoms with Crippen LogP contribution in [0.2, 0.25) is 0 Å². The number of nitrogens with two attached hydrogens (primary N) is 1. The Kier molecular flexibility index (Phi) is 7.22. The molecule has 1 aromatic heterocycles. The third-order valence-electron chi connectivity index (χ3n) is 5.24. The number of ether oxygens (including phenoxy) is 1. The summed E-state index contributed by atoms with van der Waals surface area (Å²) in [5, 5.41) is 9.16. The summed E-state index contributed by atoms with van der Waals surface area (Å²) in [6.45, 7) is 1.97. The molecule has 0 radical (unpaired) electrons. The highest BCUT2D eigenvalue weighted by Crippen LogP contribution is 2.30. The monoisotopic (exact) mass is 434 g/mol. The molecule has 1 heterocycles. The number of hydrogen-bond acceptors (Lipinski definition) is 4. The van der Waals surface area contributed by atoms with E-state index in [-0.39, 0.29) is 18.8 Å². The highest BCUT2D eigenvalue weighted by Gasteiger charge is 2.16. The maximum absolute atomic E-state index is 11.8. The van der Waals surface area contributed by atoms with E-state index in [0.29, 0.717) is 18.4 Å². The zero-order chi connectivity index (χ0) is 23.3. The van der Waals surface area contributed by atoms with Gasteiger partial charge in [-0.05, 0) is 60.4 Å². The molecule has 0 atom stereocenters. The number of rotatable bonds is 10. The van der Waals surface area contributed by atoms with Gasteiger partial charge in [-0.1, -0.05) is 24.3 Å². The number of carboxylic acid groups (broad SMARTS) is 1. The summed E-state index contributed by atoms with van der Waals surface area (Å²) in [7, 11) is 1.50. The van der Waals surface area contributed by atoms with E-state index in [0.717, 1.165) is 33.8 Å². The van der Waals surface area contributed by atoms with E-state index < -0.39 is 11.9 Å². The van der Waals surface area contributed by atoms with Gasteiger partial charge in [-0.3, -0.25) is 14.4 Å². The average Bonchev–Trinajstić information content (AvgIpc) is 3.16. The van der Waals surface area contributed by atoms with Crippen molar-refractivity contribution in [2.24, 2.45) is 5.73 Å². The van der Waals surface area contributed by atoms with E-state index >= 15 is 0 Å². The minimum absolute atomic E-state index is 0.00240. The minimum atomic E-state index is -0.870. The Morgan fingerprint density at radius 3 is 2.34 bits per heavy atom. The molecule has 166 valence electrons. The first-order chi connectivity index (χ1) is 15.3. The largest absolute Gasteiger partial charge is 0.481 e. The predicted molar refractivity (Wildman–Crippen MR) is 121 cm³/mol. The van der Waals surface area contributed by atoms with Gasteiger partial charge in [0.15, 0.2) is 5.78 Å². The zero-order valence-electron chi connectivity index (χ0n) is 18.1. The number of carbonyl (C=O) groups is 3. The Hall–Kier alpha value is -3.71. The molecule has 0 saturated heterocycles. The van der Waals surface area contributed by atoms with Crippen LogP contribution < -0.4 is 5.73 Å². The number of methoxy groups -OCH3 is 1. The van der Waals surface area contributed by atoms with Crippen LogP contribution in [0.3, 0.4) is 0 Å². The first-order valence-electron chi connectivity index (χ1n) is 10.2. The molecular weight excluding hydrogens is 408 g/mol. The molecule has 3 N–H and O–H groups in total. The average molecular weight is 434 g/mol. The second kappa shape index (κ2) is 10.1. The maximum atomic E-state index is 11.8. The van der Waals surface area contributed by atoms with Gasteiger partial charge in [0.05, 0.1) is 12.1 Å². The van der Waals surface area contributed by atoms with Crippen LogP contribution in [0, 0.1) is 6.92 Å². The zero-order valence-corrected chi connectivity index (χ0v) is 18.1. The summed E-state index contributed by atoms with van der Waals surface area (Å²) in [5.41, 5.74) is 11.1. The third-order valence-corrected chi connectivity index (χ3v) is 5.24. The molecule has 0 bridgehead atoms. The number of Topliss-reactive ketones (excluding diaryl/α,β-unsaturated/α-hetero) is 1. The van der Waals surface area contributed by atoms with Gasteiger partial charge in [0.1, 0.15) is 6.61 Å². The Bertz CT molecular complexity index is 1150. The first kappa shape index (κ1) is 23.0. The lowest BCUT2D eigenvalue weighted by Crippen LogP contribution is -2.12. The van der Waals surface area contributed by atoms with E-state index in [1.54, 1.807) is 12.1 Å². The summed E-state index contributed by atoms with van der Waals surface area (Å²) in [6, 6.07) is 16.8. The number of benzene rings is 2. The van der Waals surface area contributed by atoms with Gasteiger partial charge < -0.3 is 20.1 Å². The van der Waals surface area contributed by atoms with Crippen molar-refractivity contribution in [1.82, 2.24) is 4.57 Å².